The molecule has 0 unspecified atom stereocenters. The molecule has 0 radical (unpaired) electrons. The molecule has 2 heterocycles. The molecule has 4 aromatic rings. The van der Waals surface area contributed by atoms with Gasteiger partial charge in [0.2, 0.25) is 0 Å². The number of aromatic nitrogens is 2. The highest BCUT2D eigenvalue weighted by Crippen LogP contribution is 2.25. The molecule has 1 aliphatic carbocycles. The van der Waals surface area contributed by atoms with Crippen molar-refractivity contribution in [3.05, 3.63) is 91.0 Å². The number of H-pyrrole nitrogens is 2. The van der Waals surface area contributed by atoms with Gasteiger partial charge in [0, 0.05) is 57.2 Å². The summed E-state index contributed by atoms with van der Waals surface area (Å²) in [5.74, 6) is 0. The summed E-state index contributed by atoms with van der Waals surface area (Å²) < 4.78 is 0. The Balaban J connectivity index is 1.82. The minimum Gasteiger partial charge on any atom is -0.358 e. The zero-order valence-corrected chi connectivity index (χ0v) is 13.8. The van der Waals surface area contributed by atoms with E-state index in [0.29, 0.717) is 18.2 Å². The molecule has 0 saturated heterocycles. The van der Waals surface area contributed by atoms with Gasteiger partial charge in [-0.2, -0.15) is 0 Å². The van der Waals surface area contributed by atoms with Gasteiger partial charge in [0.05, 0.1) is 0 Å². The molecule has 4 heteroatoms. The van der Waals surface area contributed by atoms with Crippen molar-refractivity contribution in [2.24, 2.45) is 0 Å². The Hall–Kier alpha value is -3.14. The molecule has 0 atom stereocenters. The van der Waals surface area contributed by atoms with Gasteiger partial charge in [-0.05, 0) is 30.7 Å². The fraction of sp³-hybridized carbons (Fsp3) is 0.143. The summed E-state index contributed by atoms with van der Waals surface area (Å²) in [5.41, 5.74) is 5.99. The minimum atomic E-state index is 0.0557. The number of hydrogen-bond donors (Lipinski definition) is 2. The fourth-order valence-electron chi connectivity index (χ4n) is 3.96. The summed E-state index contributed by atoms with van der Waals surface area (Å²) in [7, 11) is 0. The van der Waals surface area contributed by atoms with Crippen LogP contribution in [0.25, 0.3) is 21.8 Å². The van der Waals surface area contributed by atoms with E-state index in [1.807, 2.05) is 49.4 Å². The third-order valence-electron chi connectivity index (χ3n) is 5.23. The van der Waals surface area contributed by atoms with Crippen LogP contribution < -0.4 is 10.9 Å². The number of fused-ring (bicyclic) bond motifs is 4. The molecule has 0 aliphatic heterocycles. The van der Waals surface area contributed by atoms with Crippen molar-refractivity contribution in [2.45, 2.75) is 19.8 Å². The topological polar surface area (TPSA) is 65.7 Å². The number of aromatic amines is 2. The van der Waals surface area contributed by atoms with Crippen LogP contribution in [0.2, 0.25) is 0 Å². The van der Waals surface area contributed by atoms with Crippen molar-refractivity contribution in [1.82, 2.24) is 9.97 Å². The number of pyridine rings is 2. The van der Waals surface area contributed by atoms with Crippen molar-refractivity contribution in [2.75, 3.05) is 0 Å². The van der Waals surface area contributed by atoms with Crippen LogP contribution in [-0.4, -0.2) is 9.97 Å². The summed E-state index contributed by atoms with van der Waals surface area (Å²) >= 11 is 0. The maximum Gasteiger partial charge on any atom is 0.193 e. The summed E-state index contributed by atoms with van der Waals surface area (Å²) in [6.45, 7) is 1.95. The van der Waals surface area contributed by atoms with E-state index in [1.54, 1.807) is 0 Å². The third kappa shape index (κ3) is 1.94. The molecule has 0 amide bonds. The first-order valence-corrected chi connectivity index (χ1v) is 8.39. The second-order valence-electron chi connectivity index (χ2n) is 6.72. The lowest BCUT2D eigenvalue weighted by Gasteiger charge is -2.20. The summed E-state index contributed by atoms with van der Waals surface area (Å²) in [6.07, 6.45) is 0.925. The van der Waals surface area contributed by atoms with Gasteiger partial charge in [-0.25, -0.2) is 0 Å². The molecule has 0 fully saturated rings. The number of benzene rings is 2. The molecule has 5 rings (SSSR count). The van der Waals surface area contributed by atoms with Gasteiger partial charge in [0.1, 0.15) is 0 Å². The zero-order chi connectivity index (χ0) is 17.1. The molecular weight excluding hydrogens is 312 g/mol. The second-order valence-corrected chi connectivity index (χ2v) is 6.72. The lowest BCUT2D eigenvalue weighted by atomic mass is 9.89. The highest BCUT2D eigenvalue weighted by molar-refractivity contribution is 5.84. The normalized spacial score (nSPS) is 13.0. The largest absolute Gasteiger partial charge is 0.358 e. The van der Waals surface area contributed by atoms with Crippen molar-refractivity contribution in [3.8, 4) is 0 Å². The maximum atomic E-state index is 13.0. The van der Waals surface area contributed by atoms with Gasteiger partial charge < -0.3 is 9.97 Å². The van der Waals surface area contributed by atoms with E-state index in [-0.39, 0.29) is 10.9 Å². The monoisotopic (exact) mass is 328 g/mol. The summed E-state index contributed by atoms with van der Waals surface area (Å²) in [6, 6.07) is 13.3. The zero-order valence-electron chi connectivity index (χ0n) is 13.8. The number of hydrogen-bond acceptors (Lipinski definition) is 2. The maximum absolute atomic E-state index is 13.0. The van der Waals surface area contributed by atoms with Crippen LogP contribution in [-0.2, 0) is 12.8 Å². The molecule has 2 N–H and O–H groups in total. The summed E-state index contributed by atoms with van der Waals surface area (Å²) in [5, 5.41) is 1.44. The van der Waals surface area contributed by atoms with E-state index >= 15 is 0 Å². The Kier molecular flexibility index (Phi) is 2.80. The van der Waals surface area contributed by atoms with Crippen molar-refractivity contribution in [3.63, 3.8) is 0 Å². The minimum absolute atomic E-state index is 0.0557. The number of rotatable bonds is 0. The first-order chi connectivity index (χ1) is 12.1. The Bertz CT molecular complexity index is 1300. The number of para-hydroxylation sites is 1. The van der Waals surface area contributed by atoms with Crippen LogP contribution in [0.4, 0.5) is 0 Å². The molecular formula is C21H16N2O2. The van der Waals surface area contributed by atoms with Crippen molar-refractivity contribution < 1.29 is 0 Å². The molecule has 122 valence electrons. The van der Waals surface area contributed by atoms with Gasteiger partial charge >= 0.3 is 0 Å². The van der Waals surface area contributed by atoms with Crippen LogP contribution in [0, 0.1) is 6.92 Å². The molecule has 0 spiro atoms. The number of nitrogens with one attached hydrogen (secondary N) is 2. The average molecular weight is 328 g/mol. The second kappa shape index (κ2) is 4.93. The quantitative estimate of drug-likeness (QED) is 0.458. The third-order valence-corrected chi connectivity index (χ3v) is 5.23. The standard InChI is InChI=1S/C21H16N2O2/c1-11-5-4-8-16-19(11)21(25)14-10-17-13(9-18(14)23-16)20(24)12-6-2-3-7-15(12)22-17/h2-8H,9-10H2,1H3,(H,22,24)(H,23,25). The first kappa shape index (κ1) is 14.2. The van der Waals surface area contributed by atoms with E-state index in [2.05, 4.69) is 9.97 Å². The Labute approximate surface area is 143 Å². The highest BCUT2D eigenvalue weighted by atomic mass is 16.1. The smallest absolute Gasteiger partial charge is 0.193 e. The Morgan fingerprint density at radius 1 is 0.760 bits per heavy atom. The summed E-state index contributed by atoms with van der Waals surface area (Å²) in [4.78, 5) is 32.7. The van der Waals surface area contributed by atoms with E-state index in [4.69, 9.17) is 0 Å². The molecule has 25 heavy (non-hydrogen) atoms. The van der Waals surface area contributed by atoms with Crippen LogP contribution >= 0.6 is 0 Å². The van der Waals surface area contributed by atoms with Gasteiger partial charge in [0.15, 0.2) is 10.9 Å². The predicted molar refractivity (Wildman–Crippen MR) is 99.5 cm³/mol. The Morgan fingerprint density at radius 2 is 1.40 bits per heavy atom. The lowest BCUT2D eigenvalue weighted by molar-refractivity contribution is 0.904. The molecule has 4 nitrogen and oxygen atoms in total. The van der Waals surface area contributed by atoms with Crippen molar-refractivity contribution in [1.29, 1.82) is 0 Å². The Morgan fingerprint density at radius 3 is 2.20 bits per heavy atom. The molecule has 0 bridgehead atoms. The highest BCUT2D eigenvalue weighted by Gasteiger charge is 2.23. The molecule has 1 aliphatic rings. The fourth-order valence-corrected chi connectivity index (χ4v) is 3.96. The van der Waals surface area contributed by atoms with E-state index in [0.717, 1.165) is 44.5 Å². The van der Waals surface area contributed by atoms with Crippen molar-refractivity contribution >= 4 is 21.8 Å². The molecule has 2 aromatic heterocycles. The average Bonchev–Trinajstić information content (AvgIpc) is 2.61. The van der Waals surface area contributed by atoms with Gasteiger partial charge in [-0.15, -0.1) is 0 Å². The van der Waals surface area contributed by atoms with Crippen LogP contribution in [0.15, 0.2) is 52.1 Å². The van der Waals surface area contributed by atoms with Gasteiger partial charge in [0.25, 0.3) is 0 Å². The molecule has 2 aromatic carbocycles. The first-order valence-electron chi connectivity index (χ1n) is 8.39. The van der Waals surface area contributed by atoms with Crippen LogP contribution in [0.5, 0.6) is 0 Å². The van der Waals surface area contributed by atoms with Gasteiger partial charge in [-0.1, -0.05) is 24.3 Å². The SMILES string of the molecule is Cc1cccc2[nH]c3c(c(=O)c12)Cc1[nH]c2ccccc2c(=O)c1C3. The molecule has 0 saturated carbocycles. The lowest BCUT2D eigenvalue weighted by Crippen LogP contribution is -2.26. The van der Waals surface area contributed by atoms with E-state index < -0.39 is 0 Å². The van der Waals surface area contributed by atoms with Crippen LogP contribution in [0.3, 0.4) is 0 Å². The van der Waals surface area contributed by atoms with E-state index in [1.165, 1.54) is 0 Å². The predicted octanol–water partition coefficient (Wildman–Crippen LogP) is 3.17. The van der Waals surface area contributed by atoms with Gasteiger partial charge in [-0.3, -0.25) is 9.59 Å². The van der Waals surface area contributed by atoms with Crippen LogP contribution in [0.1, 0.15) is 28.1 Å². The number of aryl methyl sites for hydroxylation is 1. The van der Waals surface area contributed by atoms with E-state index in [9.17, 15) is 9.59 Å².